The van der Waals surface area contributed by atoms with Gasteiger partial charge in [-0.25, -0.2) is 18.7 Å². The van der Waals surface area contributed by atoms with E-state index < -0.39 is 74.1 Å². The molecular weight excluding hydrogens is 1210 g/mol. The molecule has 468 valence electrons. The molecule has 1 unspecified atom stereocenters. The molecule has 2 amide bonds. The number of benzene rings is 2. The van der Waals surface area contributed by atoms with Crippen molar-refractivity contribution in [2.75, 3.05) is 23.8 Å². The predicted molar refractivity (Wildman–Crippen MR) is 330 cm³/mol. The average molecular weight is 1290 g/mol. The van der Waals surface area contributed by atoms with Gasteiger partial charge in [0.2, 0.25) is 11.8 Å². The summed E-state index contributed by atoms with van der Waals surface area (Å²) in [5, 5.41) is 55.1. The number of carboxylic acids is 1. The van der Waals surface area contributed by atoms with Crippen LogP contribution in [-0.2, 0) is 30.0 Å². The number of aliphatic hydroxyl groups excluding tert-OH is 2. The number of nitrogens with two attached hydrogens (primary N) is 1. The molecule has 21 heteroatoms. The van der Waals surface area contributed by atoms with Gasteiger partial charge in [-0.05, 0) is 202 Å². The van der Waals surface area contributed by atoms with Crippen molar-refractivity contribution in [1.82, 2.24) is 9.97 Å². The first-order chi connectivity index (χ1) is 40.0. The number of carboxylic acid groups (broad SMARTS) is 1. The van der Waals surface area contributed by atoms with Crippen LogP contribution in [0, 0.1) is 51.0 Å². The number of rotatable bonds is 8. The number of ketones is 1. The summed E-state index contributed by atoms with van der Waals surface area (Å²) in [6, 6.07) is 13.9. The standard InChI is InChI=1S/C33H39Cl2FN2O4.C25H25Cl2FN2O3.C7H15NO2.ClH/c1-30(2)10-12-31(13-11-30)17-22(25(40)15-19-5-8-32(42,18-39)9-6-19)26(21-7-14-37-28(35)27(21)36)33(31)23-4-3-20(34)16-24(23)38-29(33)41;1-23(2)6-8-24(9-7-23)12-15(21(31)32)18(14-5-10-29-20(27)19(14)28)25(24)16-4-3-13(26)11-17(16)30-22(25)33;8-6-1-3-7(10,5-9)4-2-6;/h3-4,7,14,16,19,22,26,39,42H,5-6,8-13,15,17-18H2,1-2H3,(H,38,41);3-5,10-11,15,18H,6-9,12H2,1-2H3,(H,30,33)(H,31,32);6,9-10H,1-5,8H2;1H/t19?,22-,26-,32?,33+;15-,18+,25?;;/m01../s1. The van der Waals surface area contributed by atoms with Crippen LogP contribution in [0.25, 0.3) is 0 Å². The van der Waals surface area contributed by atoms with Crippen LogP contribution in [0.1, 0.15) is 184 Å². The van der Waals surface area contributed by atoms with Gasteiger partial charge in [0.25, 0.3) is 0 Å². The fourth-order valence-corrected chi connectivity index (χ4v) is 17.8. The zero-order valence-corrected chi connectivity index (χ0v) is 52.9. The number of nitrogens with zero attached hydrogens (tertiary/aromatic N) is 2. The van der Waals surface area contributed by atoms with Crippen molar-refractivity contribution in [2.24, 2.45) is 45.1 Å². The number of aliphatic carboxylic acids is 1. The van der Waals surface area contributed by atoms with E-state index >= 15 is 8.78 Å². The van der Waals surface area contributed by atoms with E-state index in [-0.39, 0.29) is 100 Å². The van der Waals surface area contributed by atoms with E-state index in [9.17, 15) is 39.6 Å². The molecule has 4 heterocycles. The number of nitrogens with one attached hydrogen (secondary N) is 2. The number of aromatic nitrogens is 2. The fourth-order valence-electron chi connectivity index (χ4n) is 17.1. The van der Waals surface area contributed by atoms with Gasteiger partial charge in [0, 0.05) is 64.0 Å². The van der Waals surface area contributed by atoms with Gasteiger partial charge in [-0.1, -0.05) is 86.2 Å². The van der Waals surface area contributed by atoms with Gasteiger partial charge >= 0.3 is 5.97 Å². The van der Waals surface area contributed by atoms with E-state index in [2.05, 4.69) is 48.3 Å². The van der Waals surface area contributed by atoms with Crippen LogP contribution in [0.3, 0.4) is 0 Å². The smallest absolute Gasteiger partial charge is 0.307 e. The Labute approximate surface area is 527 Å². The second-order valence-electron chi connectivity index (χ2n) is 27.9. The zero-order valence-electron chi connectivity index (χ0n) is 49.1. The Morgan fingerprint density at radius 3 is 1.38 bits per heavy atom. The molecule has 2 aromatic heterocycles. The van der Waals surface area contributed by atoms with Crippen molar-refractivity contribution in [1.29, 1.82) is 0 Å². The normalized spacial score (nSPS) is 32.3. The molecule has 0 bridgehead atoms. The SMILES string of the molecule is CC1(C)CCC2(CC1)C[C@@H](C(=O)CC1CCC(O)(CO)CC1)[C@H](c1ccnc(Cl)c1F)[C@]21C(=O)Nc2cc(Cl)ccc21.CC1(C)CCC2(CC1)C[C@@H](C(=O)O)[C@H](c1ccnc(Cl)c1F)C21C(=O)Nc2cc(Cl)ccc21.Cl.NC1CCC(O)(CO)CC1. The van der Waals surface area contributed by atoms with Gasteiger partial charge in [0.05, 0.1) is 41.2 Å². The molecule has 0 radical (unpaired) electrons. The quantitative estimate of drug-likeness (QED) is 0.0768. The Morgan fingerprint density at radius 1 is 0.605 bits per heavy atom. The number of carbonyl (C=O) groups is 4. The Morgan fingerprint density at radius 2 is 0.988 bits per heavy atom. The van der Waals surface area contributed by atoms with Crippen LogP contribution in [0.15, 0.2) is 60.9 Å². The van der Waals surface area contributed by atoms with Crippen molar-refractivity contribution in [3.63, 3.8) is 0 Å². The number of halogens is 7. The number of Topliss-reactive ketones (excluding diaryl/α,β-unsaturated/α-hetero) is 1. The van der Waals surface area contributed by atoms with E-state index in [1.165, 1.54) is 18.5 Å². The molecular formula is C65H80Cl5F2N5O9. The van der Waals surface area contributed by atoms with Gasteiger partial charge in [0.15, 0.2) is 21.9 Å². The highest BCUT2D eigenvalue weighted by Crippen LogP contribution is 2.74. The third-order valence-corrected chi connectivity index (χ3v) is 23.0. The van der Waals surface area contributed by atoms with Crippen molar-refractivity contribution >= 4 is 93.8 Å². The molecule has 12 rings (SSSR count). The largest absolute Gasteiger partial charge is 0.481 e. The second kappa shape index (κ2) is 24.6. The third kappa shape index (κ3) is 11.5. The molecule has 8 aliphatic rings. The number of carbonyl (C=O) groups excluding carboxylic acids is 3. The summed E-state index contributed by atoms with van der Waals surface area (Å²) in [5.41, 5.74) is 3.28. The number of fused-ring (bicyclic) bond motifs is 6. The highest BCUT2D eigenvalue weighted by atomic mass is 35.5. The molecule has 4 spiro atoms. The van der Waals surface area contributed by atoms with Crippen LogP contribution in [0.2, 0.25) is 20.4 Å². The summed E-state index contributed by atoms with van der Waals surface area (Å²) in [4.78, 5) is 63.4. The first-order valence-electron chi connectivity index (χ1n) is 30.0. The van der Waals surface area contributed by atoms with Crippen molar-refractivity contribution in [2.45, 2.75) is 190 Å². The van der Waals surface area contributed by atoms with E-state index in [1.807, 2.05) is 6.07 Å². The molecule has 0 saturated heterocycles. The highest BCUT2D eigenvalue weighted by Gasteiger charge is 2.74. The summed E-state index contributed by atoms with van der Waals surface area (Å²) < 4.78 is 31.5. The van der Waals surface area contributed by atoms with Crippen LogP contribution in [0.5, 0.6) is 0 Å². The minimum atomic E-state index is -1.25. The summed E-state index contributed by atoms with van der Waals surface area (Å²) in [6.45, 7) is 8.45. The molecule has 6 fully saturated rings. The maximum Gasteiger partial charge on any atom is 0.307 e. The minimum Gasteiger partial charge on any atom is -0.481 e. The first-order valence-corrected chi connectivity index (χ1v) is 31.5. The van der Waals surface area contributed by atoms with Gasteiger partial charge < -0.3 is 41.9 Å². The van der Waals surface area contributed by atoms with E-state index in [4.69, 9.17) is 57.2 Å². The summed E-state index contributed by atoms with van der Waals surface area (Å²) in [7, 11) is 0. The maximum atomic E-state index is 16.0. The summed E-state index contributed by atoms with van der Waals surface area (Å²) in [6.07, 6.45) is 15.3. The van der Waals surface area contributed by atoms with E-state index in [0.717, 1.165) is 56.9 Å². The lowest BCUT2D eigenvalue weighted by Crippen LogP contribution is -2.52. The van der Waals surface area contributed by atoms with E-state index in [1.54, 1.807) is 36.4 Å². The highest BCUT2D eigenvalue weighted by molar-refractivity contribution is 6.32. The Balaban J connectivity index is 0.000000178. The van der Waals surface area contributed by atoms with Gasteiger partial charge in [-0.2, -0.15) is 0 Å². The van der Waals surface area contributed by atoms with Crippen LogP contribution < -0.4 is 16.4 Å². The third-order valence-electron chi connectivity index (χ3n) is 22.0. The predicted octanol–water partition coefficient (Wildman–Crippen LogP) is 13.2. The average Bonchev–Trinajstić information content (AvgIpc) is 1.52. The molecule has 9 N–H and O–H groups in total. The molecule has 4 aromatic rings. The van der Waals surface area contributed by atoms with Crippen LogP contribution >= 0.6 is 58.8 Å². The number of hydrogen-bond acceptors (Lipinski definition) is 11. The van der Waals surface area contributed by atoms with Gasteiger partial charge in [-0.3, -0.25) is 19.2 Å². The van der Waals surface area contributed by atoms with Crippen molar-refractivity contribution in [3.8, 4) is 0 Å². The lowest BCUT2D eigenvalue weighted by molar-refractivity contribution is -0.142. The van der Waals surface area contributed by atoms with Crippen LogP contribution in [-0.4, -0.2) is 89.5 Å². The number of anilines is 2. The molecule has 2 aliphatic heterocycles. The number of pyridine rings is 2. The molecule has 14 nitrogen and oxygen atoms in total. The molecule has 6 atom stereocenters. The minimum absolute atomic E-state index is 0. The monoisotopic (exact) mass is 1290 g/mol. The molecule has 2 aromatic carbocycles. The Bertz CT molecular complexity index is 3240. The molecule has 6 aliphatic carbocycles. The van der Waals surface area contributed by atoms with Crippen molar-refractivity contribution in [3.05, 3.63) is 115 Å². The second-order valence-corrected chi connectivity index (χ2v) is 29.5. The van der Waals surface area contributed by atoms with E-state index in [0.29, 0.717) is 84.8 Å². The number of hydrogen-bond donors (Lipinski definition) is 8. The maximum absolute atomic E-state index is 16.0. The summed E-state index contributed by atoms with van der Waals surface area (Å²) >= 11 is 24.9. The zero-order chi connectivity index (χ0) is 61.5. The Kier molecular flexibility index (Phi) is 19.0. The lowest BCUT2D eigenvalue weighted by atomic mass is 9.51. The molecule has 6 saturated carbocycles. The van der Waals surface area contributed by atoms with Crippen LogP contribution in [0.4, 0.5) is 20.2 Å². The Hall–Kier alpha value is -4.07. The van der Waals surface area contributed by atoms with Gasteiger partial charge in [0.1, 0.15) is 5.78 Å². The van der Waals surface area contributed by atoms with Gasteiger partial charge in [-0.15, -0.1) is 12.4 Å². The van der Waals surface area contributed by atoms with Crippen molar-refractivity contribution < 1.29 is 53.5 Å². The topological polar surface area (TPSA) is 245 Å². The number of amides is 2. The first kappa shape index (κ1) is 66.4. The summed E-state index contributed by atoms with van der Waals surface area (Å²) in [5.74, 6) is -6.18. The number of aliphatic hydroxyl groups is 4. The molecule has 86 heavy (non-hydrogen) atoms. The fraction of sp³-hybridized carbons (Fsp3) is 0.600. The lowest BCUT2D eigenvalue weighted by Gasteiger charge is -2.51.